The van der Waals surface area contributed by atoms with Crippen LogP contribution in [0.25, 0.3) is 0 Å². The minimum absolute atomic E-state index is 0.204. The maximum atomic E-state index is 13.7. The molecule has 3 N–H and O–H groups in total. The number of hydrogen-bond donors (Lipinski definition) is 3. The van der Waals surface area contributed by atoms with Crippen LogP contribution in [0.3, 0.4) is 0 Å². The lowest BCUT2D eigenvalue weighted by Crippen LogP contribution is -2.58. The van der Waals surface area contributed by atoms with Crippen LogP contribution in [0.4, 0.5) is 0 Å². The number of fused-ring (bicyclic) bond motifs is 2. The van der Waals surface area contributed by atoms with Gasteiger partial charge in [-0.15, -0.1) is 0 Å². The molecule has 218 valence electrons. The summed E-state index contributed by atoms with van der Waals surface area (Å²) in [4.78, 5) is 55.1. The second-order valence-corrected chi connectivity index (χ2v) is 14.0. The molecule has 0 aromatic carbocycles. The molecule has 13 heteroatoms. The quantitative estimate of drug-likeness (QED) is 0.441. The highest BCUT2D eigenvalue weighted by Crippen LogP contribution is 2.47. The largest absolute Gasteiger partial charge is 0.339 e. The number of aromatic nitrogens is 2. The van der Waals surface area contributed by atoms with Crippen LogP contribution < -0.4 is 15.4 Å². The van der Waals surface area contributed by atoms with E-state index in [2.05, 4.69) is 20.5 Å². The van der Waals surface area contributed by atoms with E-state index in [1.807, 2.05) is 12.2 Å². The predicted molar refractivity (Wildman–Crippen MR) is 145 cm³/mol. The summed E-state index contributed by atoms with van der Waals surface area (Å²) in [5.74, 6) is -2.35. The van der Waals surface area contributed by atoms with Crippen molar-refractivity contribution in [3.63, 3.8) is 0 Å². The highest BCUT2D eigenvalue weighted by Gasteiger charge is 2.62. The normalized spacial score (nSPS) is 31.1. The summed E-state index contributed by atoms with van der Waals surface area (Å²) in [6.45, 7) is 1.95. The van der Waals surface area contributed by atoms with Crippen LogP contribution in [-0.4, -0.2) is 75.6 Å². The molecular formula is C27H38N6O6S. The number of carbonyl (C=O) groups is 4. The second-order valence-electron chi connectivity index (χ2n) is 11.8. The van der Waals surface area contributed by atoms with E-state index in [1.165, 1.54) is 9.58 Å². The van der Waals surface area contributed by atoms with Crippen LogP contribution in [0.5, 0.6) is 0 Å². The van der Waals surface area contributed by atoms with Crippen molar-refractivity contribution in [1.29, 1.82) is 0 Å². The first kappa shape index (κ1) is 28.3. The molecule has 3 fully saturated rings. The second kappa shape index (κ2) is 10.6. The molecule has 5 rings (SSSR count). The first-order valence-corrected chi connectivity index (χ1v) is 15.6. The number of rotatable bonds is 5. The van der Waals surface area contributed by atoms with Gasteiger partial charge in [-0.05, 0) is 64.4 Å². The smallest absolute Gasteiger partial charge is 0.272 e. The minimum atomic E-state index is -3.88. The first-order chi connectivity index (χ1) is 19.0. The molecule has 3 heterocycles. The van der Waals surface area contributed by atoms with Gasteiger partial charge in [-0.1, -0.05) is 25.0 Å². The van der Waals surface area contributed by atoms with Crippen molar-refractivity contribution in [2.75, 3.05) is 6.54 Å². The molecular weight excluding hydrogens is 536 g/mol. The molecule has 2 saturated carbocycles. The number of aryl methyl sites for hydroxylation is 1. The number of nitrogens with zero attached hydrogens (tertiary/aromatic N) is 3. The Kier molecular flexibility index (Phi) is 7.53. The Morgan fingerprint density at radius 2 is 1.90 bits per heavy atom. The van der Waals surface area contributed by atoms with E-state index in [-0.39, 0.29) is 23.9 Å². The zero-order chi connectivity index (χ0) is 28.7. The first-order valence-electron chi connectivity index (χ1n) is 14.1. The third-order valence-corrected chi connectivity index (χ3v) is 10.9. The van der Waals surface area contributed by atoms with E-state index in [0.29, 0.717) is 45.1 Å². The van der Waals surface area contributed by atoms with Crippen molar-refractivity contribution in [2.24, 2.45) is 13.0 Å². The number of nitrogens with one attached hydrogen (secondary N) is 3. The van der Waals surface area contributed by atoms with Gasteiger partial charge in [0.1, 0.15) is 23.3 Å². The topological polar surface area (TPSA) is 160 Å². The molecule has 2 aliphatic carbocycles. The van der Waals surface area contributed by atoms with Crippen molar-refractivity contribution < 1.29 is 27.6 Å². The zero-order valence-electron chi connectivity index (χ0n) is 23.0. The molecule has 0 radical (unpaired) electrons. The number of amides is 4. The summed E-state index contributed by atoms with van der Waals surface area (Å²) in [5.41, 5.74) is -1.18. The molecule has 40 heavy (non-hydrogen) atoms. The van der Waals surface area contributed by atoms with Crippen LogP contribution in [0.2, 0.25) is 0 Å². The SMILES string of the molecule is Cn1ccc(C(=O)N[C@H]2CCCCC/C=C\C3C[C@@]3(C(=O)NS(=O)(=O)C3(C)CC3)NC(=O)C3CCCN3C2=O)n1. The fourth-order valence-corrected chi connectivity index (χ4v) is 6.96. The van der Waals surface area contributed by atoms with Gasteiger partial charge in [0.15, 0.2) is 0 Å². The highest BCUT2D eigenvalue weighted by atomic mass is 32.2. The van der Waals surface area contributed by atoms with Gasteiger partial charge in [0.25, 0.3) is 11.8 Å². The van der Waals surface area contributed by atoms with Gasteiger partial charge in [-0.3, -0.25) is 28.6 Å². The molecule has 4 aliphatic rings. The van der Waals surface area contributed by atoms with Gasteiger partial charge < -0.3 is 15.5 Å². The van der Waals surface area contributed by atoms with Crippen LogP contribution in [0.15, 0.2) is 24.4 Å². The standard InChI is InChI=1S/C27H38N6O6S/c1-26(13-14-26)40(38,39)31-25(37)27-17-18(27)9-6-4-3-5-7-10-20(28-22(34)19-12-16-32(2)30-19)24(36)33-15-8-11-21(33)23(35)29-27/h6,9,12,16,18,20-21H,3-5,7-8,10-11,13-15,17H2,1-2H3,(H,28,34)(H,29,35)(H,31,37)/b9-6-/t18?,20-,21?,27+/m0/s1. The van der Waals surface area contributed by atoms with E-state index in [9.17, 15) is 27.6 Å². The summed E-state index contributed by atoms with van der Waals surface area (Å²) < 4.78 is 28.4. The van der Waals surface area contributed by atoms with Crippen LogP contribution in [0.1, 0.15) is 81.6 Å². The predicted octanol–water partition coefficient (Wildman–Crippen LogP) is 0.903. The summed E-state index contributed by atoms with van der Waals surface area (Å²) in [6.07, 6.45) is 11.3. The molecule has 1 saturated heterocycles. The number of carbonyl (C=O) groups excluding carboxylic acids is 4. The zero-order valence-corrected chi connectivity index (χ0v) is 23.8. The Morgan fingerprint density at radius 1 is 1.12 bits per heavy atom. The van der Waals surface area contributed by atoms with Gasteiger partial charge in [0, 0.05) is 25.7 Å². The van der Waals surface area contributed by atoms with Gasteiger partial charge in [-0.25, -0.2) is 8.42 Å². The lowest BCUT2D eigenvalue weighted by Gasteiger charge is -2.30. The van der Waals surface area contributed by atoms with E-state index in [4.69, 9.17) is 0 Å². The van der Waals surface area contributed by atoms with Crippen molar-refractivity contribution in [2.45, 2.75) is 93.5 Å². The Bertz CT molecular complexity index is 1330. The molecule has 2 unspecified atom stereocenters. The van der Waals surface area contributed by atoms with E-state index in [0.717, 1.165) is 19.3 Å². The molecule has 4 amide bonds. The van der Waals surface area contributed by atoms with Crippen molar-refractivity contribution in [3.05, 3.63) is 30.1 Å². The third-order valence-electron chi connectivity index (χ3n) is 8.72. The van der Waals surface area contributed by atoms with Crippen LogP contribution in [0, 0.1) is 5.92 Å². The van der Waals surface area contributed by atoms with Gasteiger partial charge in [0.2, 0.25) is 21.8 Å². The van der Waals surface area contributed by atoms with Gasteiger partial charge >= 0.3 is 0 Å². The Hall–Kier alpha value is -3.22. The lowest BCUT2D eigenvalue weighted by atomic mass is 10.0. The third kappa shape index (κ3) is 5.52. The fraction of sp³-hybridized carbons (Fsp3) is 0.667. The molecule has 12 nitrogen and oxygen atoms in total. The summed E-state index contributed by atoms with van der Waals surface area (Å²) in [6, 6.07) is -0.0659. The molecule has 2 aliphatic heterocycles. The Labute approximate surface area is 234 Å². The average Bonchev–Trinajstić information content (AvgIpc) is 3.66. The van der Waals surface area contributed by atoms with Crippen molar-refractivity contribution in [1.82, 2.24) is 30.0 Å². The number of hydrogen-bond acceptors (Lipinski definition) is 7. The van der Waals surface area contributed by atoms with E-state index >= 15 is 0 Å². The van der Waals surface area contributed by atoms with Crippen molar-refractivity contribution in [3.8, 4) is 0 Å². The van der Waals surface area contributed by atoms with Crippen molar-refractivity contribution >= 4 is 33.7 Å². The summed E-state index contributed by atoms with van der Waals surface area (Å²) >= 11 is 0. The maximum Gasteiger partial charge on any atom is 0.272 e. The number of sulfonamides is 1. The van der Waals surface area contributed by atoms with Gasteiger partial charge in [-0.2, -0.15) is 5.10 Å². The molecule has 0 bridgehead atoms. The summed E-state index contributed by atoms with van der Waals surface area (Å²) in [7, 11) is -2.18. The van der Waals surface area contributed by atoms with E-state index < -0.39 is 50.1 Å². The molecule has 1 aromatic rings. The monoisotopic (exact) mass is 574 g/mol. The Balaban J connectivity index is 1.36. The molecule has 1 aromatic heterocycles. The highest BCUT2D eigenvalue weighted by molar-refractivity contribution is 7.91. The van der Waals surface area contributed by atoms with Crippen LogP contribution in [-0.2, 0) is 31.5 Å². The summed E-state index contributed by atoms with van der Waals surface area (Å²) in [5, 5.41) is 9.80. The van der Waals surface area contributed by atoms with Crippen LogP contribution >= 0.6 is 0 Å². The van der Waals surface area contributed by atoms with E-state index in [1.54, 1.807) is 26.2 Å². The molecule has 0 spiro atoms. The molecule has 4 atom stereocenters. The average molecular weight is 575 g/mol. The minimum Gasteiger partial charge on any atom is -0.339 e. The fourth-order valence-electron chi connectivity index (χ4n) is 5.64. The Morgan fingerprint density at radius 3 is 2.60 bits per heavy atom. The van der Waals surface area contributed by atoms with Gasteiger partial charge in [0.05, 0.1) is 4.75 Å². The lowest BCUT2D eigenvalue weighted by molar-refractivity contribution is -0.141. The maximum absolute atomic E-state index is 13.7. The number of allylic oxidation sites excluding steroid dienone is 1.